The van der Waals surface area contributed by atoms with Crippen molar-refractivity contribution in [2.45, 2.75) is 39.7 Å². The van der Waals surface area contributed by atoms with E-state index in [9.17, 15) is 4.79 Å². The first-order valence-electron chi connectivity index (χ1n) is 7.52. The van der Waals surface area contributed by atoms with Gasteiger partial charge in [-0.1, -0.05) is 37.3 Å². The summed E-state index contributed by atoms with van der Waals surface area (Å²) in [4.78, 5) is 16.3. The van der Waals surface area contributed by atoms with Crippen molar-refractivity contribution in [3.63, 3.8) is 0 Å². The summed E-state index contributed by atoms with van der Waals surface area (Å²) in [7, 11) is 0. The predicted octanol–water partition coefficient (Wildman–Crippen LogP) is 2.50. The lowest BCUT2D eigenvalue weighted by Crippen LogP contribution is -2.28. The third-order valence-corrected chi connectivity index (χ3v) is 3.46. The summed E-state index contributed by atoms with van der Waals surface area (Å²) >= 11 is 0. The molecule has 0 radical (unpaired) electrons. The fourth-order valence-electron chi connectivity index (χ4n) is 2.40. The minimum absolute atomic E-state index is 0.0616. The number of imidazole rings is 1. The standard InChI is InChI=1S/C17H23N3O/c1-3-11-20-14(2)13-19-16(20)9-10-18-17(21)12-15-7-5-4-6-8-15/h4-8,13H,3,9-12H2,1-2H3,(H,18,21). The first-order valence-corrected chi connectivity index (χ1v) is 7.52. The highest BCUT2D eigenvalue weighted by molar-refractivity contribution is 5.78. The van der Waals surface area contributed by atoms with Crippen molar-refractivity contribution >= 4 is 5.91 Å². The highest BCUT2D eigenvalue weighted by atomic mass is 16.1. The Morgan fingerprint density at radius 3 is 2.76 bits per heavy atom. The van der Waals surface area contributed by atoms with Gasteiger partial charge in [-0.25, -0.2) is 4.98 Å². The third-order valence-electron chi connectivity index (χ3n) is 3.46. The SMILES string of the molecule is CCCn1c(C)cnc1CCNC(=O)Cc1ccccc1. The molecule has 112 valence electrons. The van der Waals surface area contributed by atoms with Gasteiger partial charge in [0.2, 0.25) is 5.91 Å². The first-order chi connectivity index (χ1) is 10.2. The monoisotopic (exact) mass is 285 g/mol. The van der Waals surface area contributed by atoms with Crippen molar-refractivity contribution in [2.75, 3.05) is 6.54 Å². The zero-order valence-electron chi connectivity index (χ0n) is 12.8. The summed E-state index contributed by atoms with van der Waals surface area (Å²) < 4.78 is 2.23. The minimum atomic E-state index is 0.0616. The van der Waals surface area contributed by atoms with Crippen LogP contribution in [0.1, 0.15) is 30.4 Å². The van der Waals surface area contributed by atoms with Crippen molar-refractivity contribution in [1.29, 1.82) is 0 Å². The fraction of sp³-hybridized carbons (Fsp3) is 0.412. The molecule has 2 aromatic rings. The van der Waals surface area contributed by atoms with Crippen LogP contribution in [0.15, 0.2) is 36.5 Å². The highest BCUT2D eigenvalue weighted by Crippen LogP contribution is 2.06. The van der Waals surface area contributed by atoms with Crippen molar-refractivity contribution in [3.8, 4) is 0 Å². The van der Waals surface area contributed by atoms with Gasteiger partial charge in [-0.2, -0.15) is 0 Å². The zero-order chi connectivity index (χ0) is 15.1. The van der Waals surface area contributed by atoms with Gasteiger partial charge in [-0.3, -0.25) is 4.79 Å². The number of benzene rings is 1. The molecule has 0 aliphatic carbocycles. The molecule has 1 aromatic carbocycles. The summed E-state index contributed by atoms with van der Waals surface area (Å²) in [5.41, 5.74) is 2.22. The number of hydrogen-bond donors (Lipinski definition) is 1. The number of carbonyl (C=O) groups is 1. The molecule has 4 nitrogen and oxygen atoms in total. The molecule has 0 saturated heterocycles. The van der Waals surface area contributed by atoms with E-state index in [0.717, 1.165) is 30.8 Å². The van der Waals surface area contributed by atoms with Gasteiger partial charge in [0.1, 0.15) is 5.82 Å². The molecule has 0 unspecified atom stereocenters. The molecule has 1 aromatic heterocycles. The summed E-state index contributed by atoms with van der Waals surface area (Å²) in [6.07, 6.45) is 4.19. The van der Waals surface area contributed by atoms with Crippen molar-refractivity contribution in [1.82, 2.24) is 14.9 Å². The van der Waals surface area contributed by atoms with Crippen molar-refractivity contribution in [2.24, 2.45) is 0 Å². The Morgan fingerprint density at radius 1 is 1.29 bits per heavy atom. The van der Waals surface area contributed by atoms with E-state index in [0.29, 0.717) is 13.0 Å². The topological polar surface area (TPSA) is 46.9 Å². The highest BCUT2D eigenvalue weighted by Gasteiger charge is 2.07. The lowest BCUT2D eigenvalue weighted by Gasteiger charge is -2.09. The first kappa shape index (κ1) is 15.3. The van der Waals surface area contributed by atoms with Gasteiger partial charge in [0.15, 0.2) is 0 Å². The molecule has 0 saturated carbocycles. The lowest BCUT2D eigenvalue weighted by molar-refractivity contribution is -0.120. The number of amides is 1. The van der Waals surface area contributed by atoms with Crippen LogP contribution in [0, 0.1) is 6.92 Å². The Hall–Kier alpha value is -2.10. The molecule has 4 heteroatoms. The number of rotatable bonds is 7. The van der Waals surface area contributed by atoms with Crippen LogP contribution in [0.5, 0.6) is 0 Å². The van der Waals surface area contributed by atoms with E-state index in [-0.39, 0.29) is 5.91 Å². The molecule has 0 aliphatic rings. The molecule has 0 atom stereocenters. The molecule has 1 amide bonds. The quantitative estimate of drug-likeness (QED) is 0.849. The van der Waals surface area contributed by atoms with Gasteiger partial charge in [-0.15, -0.1) is 0 Å². The third kappa shape index (κ3) is 4.45. The van der Waals surface area contributed by atoms with Gasteiger partial charge < -0.3 is 9.88 Å². The Morgan fingerprint density at radius 2 is 2.05 bits per heavy atom. The average molecular weight is 285 g/mol. The van der Waals surface area contributed by atoms with E-state index >= 15 is 0 Å². The second kappa shape index (κ2) is 7.62. The number of aryl methyl sites for hydroxylation is 1. The second-order valence-electron chi connectivity index (χ2n) is 5.23. The molecular weight excluding hydrogens is 262 g/mol. The number of nitrogens with zero attached hydrogens (tertiary/aromatic N) is 2. The van der Waals surface area contributed by atoms with Gasteiger partial charge in [0.05, 0.1) is 6.42 Å². The van der Waals surface area contributed by atoms with E-state index in [1.807, 2.05) is 36.5 Å². The summed E-state index contributed by atoms with van der Waals surface area (Å²) in [6, 6.07) is 9.80. The van der Waals surface area contributed by atoms with Crippen molar-refractivity contribution in [3.05, 3.63) is 53.6 Å². The van der Waals surface area contributed by atoms with Crippen LogP contribution in [0.25, 0.3) is 0 Å². The van der Waals surface area contributed by atoms with Crippen LogP contribution in [0.4, 0.5) is 0 Å². The molecular formula is C17H23N3O. The van der Waals surface area contributed by atoms with Crippen LogP contribution in [-0.4, -0.2) is 22.0 Å². The molecule has 0 fully saturated rings. The van der Waals surface area contributed by atoms with E-state index in [1.165, 1.54) is 5.69 Å². The maximum Gasteiger partial charge on any atom is 0.224 e. The Bertz CT molecular complexity index is 575. The Labute approximate surface area is 126 Å². The van der Waals surface area contributed by atoms with E-state index in [4.69, 9.17) is 0 Å². The predicted molar refractivity (Wildman–Crippen MR) is 84.1 cm³/mol. The molecule has 1 heterocycles. The van der Waals surface area contributed by atoms with Crippen LogP contribution in [0.3, 0.4) is 0 Å². The molecule has 1 N–H and O–H groups in total. The summed E-state index contributed by atoms with van der Waals surface area (Å²) in [5.74, 6) is 1.11. The Kier molecular flexibility index (Phi) is 5.55. The fourth-order valence-corrected chi connectivity index (χ4v) is 2.40. The lowest BCUT2D eigenvalue weighted by atomic mass is 10.1. The van der Waals surface area contributed by atoms with Gasteiger partial charge in [0, 0.05) is 31.4 Å². The van der Waals surface area contributed by atoms with Crippen LogP contribution in [0.2, 0.25) is 0 Å². The number of nitrogens with one attached hydrogen (secondary N) is 1. The molecule has 21 heavy (non-hydrogen) atoms. The van der Waals surface area contributed by atoms with Crippen molar-refractivity contribution < 1.29 is 4.79 Å². The molecule has 2 rings (SSSR count). The average Bonchev–Trinajstić information content (AvgIpc) is 2.82. The summed E-state index contributed by atoms with van der Waals surface area (Å²) in [5, 5.41) is 2.97. The second-order valence-corrected chi connectivity index (χ2v) is 5.23. The minimum Gasteiger partial charge on any atom is -0.355 e. The van der Waals surface area contributed by atoms with E-state index in [1.54, 1.807) is 0 Å². The number of hydrogen-bond acceptors (Lipinski definition) is 2. The van der Waals surface area contributed by atoms with Crippen LogP contribution < -0.4 is 5.32 Å². The van der Waals surface area contributed by atoms with Gasteiger partial charge in [0.25, 0.3) is 0 Å². The maximum absolute atomic E-state index is 11.9. The maximum atomic E-state index is 11.9. The van der Waals surface area contributed by atoms with Crippen LogP contribution >= 0.6 is 0 Å². The number of carbonyl (C=O) groups excluding carboxylic acids is 1. The molecule has 0 bridgehead atoms. The summed E-state index contributed by atoms with van der Waals surface area (Å²) in [6.45, 7) is 5.84. The Balaban J connectivity index is 1.80. The zero-order valence-corrected chi connectivity index (χ0v) is 12.8. The molecule has 0 spiro atoms. The van der Waals surface area contributed by atoms with Crippen LogP contribution in [-0.2, 0) is 24.2 Å². The molecule has 0 aliphatic heterocycles. The van der Waals surface area contributed by atoms with E-state index < -0.39 is 0 Å². The van der Waals surface area contributed by atoms with Gasteiger partial charge >= 0.3 is 0 Å². The van der Waals surface area contributed by atoms with Gasteiger partial charge in [-0.05, 0) is 18.9 Å². The number of aromatic nitrogens is 2. The smallest absolute Gasteiger partial charge is 0.224 e. The van der Waals surface area contributed by atoms with E-state index in [2.05, 4.69) is 28.7 Å². The largest absolute Gasteiger partial charge is 0.355 e. The normalized spacial score (nSPS) is 10.6.